The topological polar surface area (TPSA) is 18.5 Å². The molecule has 0 bridgehead atoms. The maximum Gasteiger partial charge on any atom is 0.174 e. The minimum absolute atomic E-state index is 0.315. The Balaban J connectivity index is 3.13. The van der Waals surface area contributed by atoms with Crippen LogP contribution in [0.15, 0.2) is 12.1 Å². The molecule has 0 aliphatic carbocycles. The first-order chi connectivity index (χ1) is 6.19. The van der Waals surface area contributed by atoms with Crippen LogP contribution in [-0.2, 0) is 0 Å². The van der Waals surface area contributed by atoms with Gasteiger partial charge in [0.15, 0.2) is 11.5 Å². The average molecular weight is 296 g/mol. The van der Waals surface area contributed by atoms with Gasteiger partial charge in [-0.25, -0.2) is 4.39 Å². The van der Waals surface area contributed by atoms with Crippen molar-refractivity contribution < 1.29 is 13.9 Å². The number of ether oxygens (including phenoxy) is 2. The van der Waals surface area contributed by atoms with E-state index in [1.54, 1.807) is 0 Å². The molecule has 13 heavy (non-hydrogen) atoms. The third-order valence-corrected chi connectivity index (χ3v) is 2.28. The second kappa shape index (κ2) is 4.64. The van der Waals surface area contributed by atoms with Gasteiger partial charge in [-0.15, -0.1) is 0 Å². The molecule has 72 valence electrons. The van der Waals surface area contributed by atoms with Crippen molar-refractivity contribution in [2.24, 2.45) is 0 Å². The van der Waals surface area contributed by atoms with E-state index < -0.39 is 0 Å². The van der Waals surface area contributed by atoms with Crippen LogP contribution >= 0.6 is 22.6 Å². The highest BCUT2D eigenvalue weighted by atomic mass is 127. The summed E-state index contributed by atoms with van der Waals surface area (Å²) in [6.45, 7) is 2.41. The zero-order valence-corrected chi connectivity index (χ0v) is 9.59. The van der Waals surface area contributed by atoms with Crippen LogP contribution in [0, 0.1) is 9.39 Å². The zero-order chi connectivity index (χ0) is 9.84. The molecule has 0 fully saturated rings. The van der Waals surface area contributed by atoms with Crippen molar-refractivity contribution >= 4 is 22.6 Å². The molecule has 1 aromatic rings. The molecule has 0 aliphatic rings. The normalized spacial score (nSPS) is 9.85. The number of rotatable bonds is 3. The van der Waals surface area contributed by atoms with Gasteiger partial charge in [-0.05, 0) is 35.6 Å². The quantitative estimate of drug-likeness (QED) is 0.799. The van der Waals surface area contributed by atoms with E-state index in [4.69, 9.17) is 9.47 Å². The van der Waals surface area contributed by atoms with Crippen LogP contribution in [0.4, 0.5) is 4.39 Å². The van der Waals surface area contributed by atoms with Crippen molar-refractivity contribution in [2.75, 3.05) is 13.7 Å². The summed E-state index contributed by atoms with van der Waals surface area (Å²) in [4.78, 5) is 0. The van der Waals surface area contributed by atoms with Gasteiger partial charge in [0.05, 0.1) is 17.3 Å². The molecule has 0 aromatic heterocycles. The molecular formula is C9H10FIO2. The van der Waals surface area contributed by atoms with Crippen molar-refractivity contribution in [3.05, 3.63) is 21.5 Å². The van der Waals surface area contributed by atoms with Gasteiger partial charge in [0.1, 0.15) is 5.82 Å². The molecule has 1 rings (SSSR count). The fourth-order valence-electron chi connectivity index (χ4n) is 0.973. The summed E-state index contributed by atoms with van der Waals surface area (Å²) < 4.78 is 23.9. The Kier molecular flexibility index (Phi) is 3.77. The van der Waals surface area contributed by atoms with E-state index in [0.717, 1.165) is 3.57 Å². The Bertz CT molecular complexity index is 302. The molecule has 0 radical (unpaired) electrons. The zero-order valence-electron chi connectivity index (χ0n) is 7.43. The first kappa shape index (κ1) is 10.6. The highest BCUT2D eigenvalue weighted by Crippen LogP contribution is 2.33. The second-order valence-corrected chi connectivity index (χ2v) is 3.51. The summed E-state index contributed by atoms with van der Waals surface area (Å²) in [5.41, 5.74) is 0. The monoisotopic (exact) mass is 296 g/mol. The number of benzene rings is 1. The summed E-state index contributed by atoms with van der Waals surface area (Å²) in [6.07, 6.45) is 0. The third kappa shape index (κ3) is 2.46. The van der Waals surface area contributed by atoms with Gasteiger partial charge in [0, 0.05) is 6.07 Å². The van der Waals surface area contributed by atoms with Crippen molar-refractivity contribution in [1.82, 2.24) is 0 Å². The first-order valence-electron chi connectivity index (χ1n) is 3.84. The Morgan fingerprint density at radius 3 is 2.69 bits per heavy atom. The second-order valence-electron chi connectivity index (χ2n) is 2.35. The molecule has 0 amide bonds. The molecule has 0 unspecified atom stereocenters. The van der Waals surface area contributed by atoms with Crippen LogP contribution in [-0.4, -0.2) is 13.7 Å². The molecule has 0 saturated heterocycles. The van der Waals surface area contributed by atoms with Crippen molar-refractivity contribution in [1.29, 1.82) is 0 Å². The fourth-order valence-corrected chi connectivity index (χ4v) is 1.69. The number of halogens is 2. The molecule has 0 atom stereocenters. The highest BCUT2D eigenvalue weighted by molar-refractivity contribution is 14.1. The van der Waals surface area contributed by atoms with E-state index >= 15 is 0 Å². The molecule has 0 spiro atoms. The van der Waals surface area contributed by atoms with Gasteiger partial charge in [0.25, 0.3) is 0 Å². The van der Waals surface area contributed by atoms with Crippen LogP contribution in [0.3, 0.4) is 0 Å². The highest BCUT2D eigenvalue weighted by Gasteiger charge is 2.10. The third-order valence-electron chi connectivity index (χ3n) is 1.48. The SMILES string of the molecule is CCOc1c(I)cc(F)cc1OC. The maximum atomic E-state index is 12.9. The predicted molar refractivity (Wildman–Crippen MR) is 56.8 cm³/mol. The number of hydrogen-bond donors (Lipinski definition) is 0. The van der Waals surface area contributed by atoms with E-state index in [-0.39, 0.29) is 5.82 Å². The number of hydrogen-bond acceptors (Lipinski definition) is 2. The van der Waals surface area contributed by atoms with Gasteiger partial charge in [-0.3, -0.25) is 0 Å². The van der Waals surface area contributed by atoms with Gasteiger partial charge in [-0.2, -0.15) is 0 Å². The lowest BCUT2D eigenvalue weighted by atomic mass is 10.3. The average Bonchev–Trinajstić information content (AvgIpc) is 2.09. The van der Waals surface area contributed by atoms with Crippen molar-refractivity contribution in [3.63, 3.8) is 0 Å². The Morgan fingerprint density at radius 1 is 1.46 bits per heavy atom. The van der Waals surface area contributed by atoms with Crippen LogP contribution in [0.1, 0.15) is 6.92 Å². The minimum atomic E-state index is -0.315. The molecule has 0 saturated carbocycles. The molecule has 1 aromatic carbocycles. The Morgan fingerprint density at radius 2 is 2.15 bits per heavy atom. The van der Waals surface area contributed by atoms with Crippen LogP contribution in [0.25, 0.3) is 0 Å². The van der Waals surface area contributed by atoms with Crippen LogP contribution in [0.5, 0.6) is 11.5 Å². The van der Waals surface area contributed by atoms with Crippen molar-refractivity contribution in [3.8, 4) is 11.5 Å². The summed E-state index contributed by atoms with van der Waals surface area (Å²) in [6, 6.07) is 2.72. The molecule has 0 heterocycles. The smallest absolute Gasteiger partial charge is 0.174 e. The van der Waals surface area contributed by atoms with Gasteiger partial charge >= 0.3 is 0 Å². The first-order valence-corrected chi connectivity index (χ1v) is 4.92. The lowest BCUT2D eigenvalue weighted by Crippen LogP contribution is -1.98. The van der Waals surface area contributed by atoms with E-state index in [1.807, 2.05) is 29.5 Å². The Hall–Kier alpha value is -0.520. The summed E-state index contributed by atoms with van der Waals surface area (Å²) in [5, 5.41) is 0. The predicted octanol–water partition coefficient (Wildman–Crippen LogP) is 2.84. The lowest BCUT2D eigenvalue weighted by molar-refractivity contribution is 0.307. The number of methoxy groups -OCH3 is 1. The van der Waals surface area contributed by atoms with Gasteiger partial charge in [-0.1, -0.05) is 0 Å². The minimum Gasteiger partial charge on any atom is -0.493 e. The van der Waals surface area contributed by atoms with Gasteiger partial charge in [0.2, 0.25) is 0 Å². The lowest BCUT2D eigenvalue weighted by Gasteiger charge is -2.10. The molecular weight excluding hydrogens is 286 g/mol. The maximum absolute atomic E-state index is 12.9. The molecule has 2 nitrogen and oxygen atoms in total. The largest absolute Gasteiger partial charge is 0.493 e. The molecule has 4 heteroatoms. The van der Waals surface area contributed by atoms with Crippen LogP contribution < -0.4 is 9.47 Å². The summed E-state index contributed by atoms with van der Waals surface area (Å²) in [7, 11) is 1.49. The fraction of sp³-hybridized carbons (Fsp3) is 0.333. The van der Waals surface area contributed by atoms with E-state index in [9.17, 15) is 4.39 Å². The molecule has 0 aliphatic heterocycles. The Labute approximate surface area is 90.2 Å². The molecule has 0 N–H and O–H groups in total. The summed E-state index contributed by atoms with van der Waals surface area (Å²) in [5.74, 6) is 0.725. The van der Waals surface area contributed by atoms with Gasteiger partial charge < -0.3 is 9.47 Å². The van der Waals surface area contributed by atoms with E-state index in [0.29, 0.717) is 18.1 Å². The van der Waals surface area contributed by atoms with E-state index in [1.165, 1.54) is 19.2 Å². The standard InChI is InChI=1S/C9H10FIO2/c1-3-13-9-7(11)4-6(10)5-8(9)12-2/h4-5H,3H2,1-2H3. The van der Waals surface area contributed by atoms with Crippen molar-refractivity contribution in [2.45, 2.75) is 6.92 Å². The van der Waals surface area contributed by atoms with Crippen LogP contribution in [0.2, 0.25) is 0 Å². The van der Waals surface area contributed by atoms with E-state index in [2.05, 4.69) is 0 Å². The summed E-state index contributed by atoms with van der Waals surface area (Å²) >= 11 is 2.01.